The quantitative estimate of drug-likeness (QED) is 0.781. The summed E-state index contributed by atoms with van der Waals surface area (Å²) in [4.78, 5) is 4.96. The second-order valence-corrected chi connectivity index (χ2v) is 5.57. The van der Waals surface area contributed by atoms with Gasteiger partial charge in [0, 0.05) is 39.3 Å². The average Bonchev–Trinajstić information content (AvgIpc) is 2.42. The lowest BCUT2D eigenvalue weighted by Gasteiger charge is -2.32. The molecule has 1 aromatic rings. The number of nitrogens with zero attached hydrogens (tertiary/aromatic N) is 2. The zero-order valence-corrected chi connectivity index (χ0v) is 12.4. The molecule has 1 fully saturated rings. The van der Waals surface area contributed by atoms with Crippen LogP contribution in [0.4, 0.5) is 0 Å². The number of likely N-dealkylation sites (N-methyl/N-ethyl adjacent to an activating group) is 1. The monoisotopic (exact) mass is 261 g/mol. The molecule has 0 amide bonds. The maximum atomic E-state index is 3.56. The smallest absolute Gasteiger partial charge is 0.0110 e. The van der Waals surface area contributed by atoms with Crippen molar-refractivity contribution in [2.75, 3.05) is 52.9 Å². The van der Waals surface area contributed by atoms with E-state index in [0.29, 0.717) is 0 Å². The number of rotatable bonds is 6. The topological polar surface area (TPSA) is 18.5 Å². The molecular formula is C16H27N3. The third kappa shape index (κ3) is 4.94. The van der Waals surface area contributed by atoms with Crippen LogP contribution in [-0.4, -0.2) is 62.7 Å². The van der Waals surface area contributed by atoms with Crippen LogP contribution in [0.25, 0.3) is 0 Å². The number of piperazine rings is 1. The van der Waals surface area contributed by atoms with Gasteiger partial charge in [0.15, 0.2) is 0 Å². The Kier molecular flexibility index (Phi) is 5.83. The van der Waals surface area contributed by atoms with E-state index in [-0.39, 0.29) is 0 Å². The van der Waals surface area contributed by atoms with Crippen LogP contribution >= 0.6 is 0 Å². The molecule has 106 valence electrons. The highest BCUT2D eigenvalue weighted by molar-refractivity contribution is 5.25. The summed E-state index contributed by atoms with van der Waals surface area (Å²) in [7, 11) is 2.21. The van der Waals surface area contributed by atoms with Gasteiger partial charge in [0.2, 0.25) is 0 Å². The van der Waals surface area contributed by atoms with E-state index in [1.54, 1.807) is 0 Å². The highest BCUT2D eigenvalue weighted by Crippen LogP contribution is 2.06. The highest BCUT2D eigenvalue weighted by atomic mass is 15.2. The molecule has 0 aromatic heterocycles. The Morgan fingerprint density at radius 3 is 2.53 bits per heavy atom. The number of benzene rings is 1. The Morgan fingerprint density at radius 2 is 1.79 bits per heavy atom. The summed E-state index contributed by atoms with van der Waals surface area (Å²) in [6, 6.07) is 8.67. The van der Waals surface area contributed by atoms with E-state index in [1.165, 1.54) is 43.9 Å². The van der Waals surface area contributed by atoms with Gasteiger partial charge >= 0.3 is 0 Å². The second-order valence-electron chi connectivity index (χ2n) is 5.57. The molecule has 0 atom stereocenters. The van der Waals surface area contributed by atoms with Crippen LogP contribution < -0.4 is 5.32 Å². The first kappa shape index (κ1) is 14.5. The summed E-state index contributed by atoms with van der Waals surface area (Å²) in [5.74, 6) is 0. The van der Waals surface area contributed by atoms with Crippen LogP contribution in [0.2, 0.25) is 0 Å². The molecule has 3 heteroatoms. The van der Waals surface area contributed by atoms with Crippen LogP contribution in [0.15, 0.2) is 24.3 Å². The summed E-state index contributed by atoms with van der Waals surface area (Å²) in [6.45, 7) is 10.4. The van der Waals surface area contributed by atoms with E-state index in [1.807, 2.05) is 0 Å². The molecule has 19 heavy (non-hydrogen) atoms. The Bertz CT molecular complexity index is 370. The summed E-state index contributed by atoms with van der Waals surface area (Å²) in [6.07, 6.45) is 1.13. The van der Waals surface area contributed by atoms with E-state index in [0.717, 1.165) is 19.5 Å². The normalized spacial score (nSPS) is 17.8. The Labute approximate surface area is 117 Å². The predicted molar refractivity (Wildman–Crippen MR) is 81.7 cm³/mol. The molecule has 1 heterocycles. The minimum absolute atomic E-state index is 1.08. The van der Waals surface area contributed by atoms with Crippen molar-refractivity contribution in [1.82, 2.24) is 15.1 Å². The lowest BCUT2D eigenvalue weighted by Crippen LogP contribution is -2.46. The van der Waals surface area contributed by atoms with Gasteiger partial charge in [-0.05, 0) is 38.1 Å². The molecule has 0 spiro atoms. The van der Waals surface area contributed by atoms with Crippen molar-refractivity contribution in [3.05, 3.63) is 35.4 Å². The van der Waals surface area contributed by atoms with E-state index < -0.39 is 0 Å². The lowest BCUT2D eigenvalue weighted by molar-refractivity contribution is 0.155. The maximum Gasteiger partial charge on any atom is 0.0110 e. The van der Waals surface area contributed by atoms with Crippen molar-refractivity contribution >= 4 is 0 Å². The van der Waals surface area contributed by atoms with Gasteiger partial charge in [-0.1, -0.05) is 24.3 Å². The van der Waals surface area contributed by atoms with Gasteiger partial charge in [0.05, 0.1) is 0 Å². The molecule has 3 nitrogen and oxygen atoms in total. The van der Waals surface area contributed by atoms with Crippen LogP contribution in [0.5, 0.6) is 0 Å². The van der Waals surface area contributed by atoms with Crippen molar-refractivity contribution in [3.63, 3.8) is 0 Å². The first-order valence-electron chi connectivity index (χ1n) is 7.42. The molecule has 1 N–H and O–H groups in total. The predicted octanol–water partition coefficient (Wildman–Crippen LogP) is 1.37. The number of aryl methyl sites for hydroxylation is 1. The summed E-state index contributed by atoms with van der Waals surface area (Å²) in [5.41, 5.74) is 2.87. The van der Waals surface area contributed by atoms with Gasteiger partial charge in [0.25, 0.3) is 0 Å². The molecule has 0 aliphatic carbocycles. The van der Waals surface area contributed by atoms with Crippen molar-refractivity contribution in [1.29, 1.82) is 0 Å². The van der Waals surface area contributed by atoms with Crippen LogP contribution in [0.1, 0.15) is 11.1 Å². The summed E-state index contributed by atoms with van der Waals surface area (Å²) in [5, 5.41) is 3.56. The van der Waals surface area contributed by atoms with Crippen molar-refractivity contribution < 1.29 is 0 Å². The molecule has 1 aliphatic heterocycles. The maximum absolute atomic E-state index is 3.56. The molecule has 0 bridgehead atoms. The third-order valence-electron chi connectivity index (χ3n) is 4.03. The zero-order valence-electron chi connectivity index (χ0n) is 12.4. The molecule has 2 rings (SSSR count). The van der Waals surface area contributed by atoms with Crippen LogP contribution in [-0.2, 0) is 6.42 Å². The van der Waals surface area contributed by atoms with E-state index in [2.05, 4.69) is 53.4 Å². The number of hydrogen-bond donors (Lipinski definition) is 1. The fourth-order valence-electron chi connectivity index (χ4n) is 2.55. The molecule has 0 unspecified atom stereocenters. The largest absolute Gasteiger partial charge is 0.315 e. The summed E-state index contributed by atoms with van der Waals surface area (Å²) >= 11 is 0. The van der Waals surface area contributed by atoms with Gasteiger partial charge in [-0.25, -0.2) is 0 Å². The molecular weight excluding hydrogens is 234 g/mol. The van der Waals surface area contributed by atoms with Crippen LogP contribution in [0, 0.1) is 6.92 Å². The average molecular weight is 261 g/mol. The fraction of sp³-hybridized carbons (Fsp3) is 0.625. The number of hydrogen-bond acceptors (Lipinski definition) is 3. The first-order chi connectivity index (χ1) is 9.25. The zero-order chi connectivity index (χ0) is 13.5. The molecule has 1 saturated heterocycles. The first-order valence-corrected chi connectivity index (χ1v) is 7.42. The van der Waals surface area contributed by atoms with Crippen molar-refractivity contribution in [3.8, 4) is 0 Å². The summed E-state index contributed by atoms with van der Waals surface area (Å²) < 4.78 is 0. The van der Waals surface area contributed by atoms with Crippen molar-refractivity contribution in [2.24, 2.45) is 0 Å². The van der Waals surface area contributed by atoms with Crippen molar-refractivity contribution in [2.45, 2.75) is 13.3 Å². The molecule has 0 saturated carbocycles. The fourth-order valence-corrected chi connectivity index (χ4v) is 2.55. The van der Waals surface area contributed by atoms with Crippen LogP contribution in [0.3, 0.4) is 0 Å². The van der Waals surface area contributed by atoms with Gasteiger partial charge in [-0.2, -0.15) is 0 Å². The number of nitrogens with one attached hydrogen (secondary N) is 1. The van der Waals surface area contributed by atoms with E-state index in [4.69, 9.17) is 0 Å². The van der Waals surface area contributed by atoms with Gasteiger partial charge in [0.1, 0.15) is 0 Å². The molecule has 1 aromatic carbocycles. The lowest BCUT2D eigenvalue weighted by atomic mass is 10.1. The second kappa shape index (κ2) is 7.63. The minimum atomic E-state index is 1.08. The molecule has 0 radical (unpaired) electrons. The SMILES string of the molecule is Cc1ccccc1CCNCCN1CCN(C)CC1. The van der Waals surface area contributed by atoms with Gasteiger partial charge in [-0.3, -0.25) is 4.90 Å². The Hall–Kier alpha value is -0.900. The minimum Gasteiger partial charge on any atom is -0.315 e. The highest BCUT2D eigenvalue weighted by Gasteiger charge is 2.12. The standard InChI is InChI=1S/C16H27N3/c1-15-5-3-4-6-16(15)7-8-17-9-10-19-13-11-18(2)12-14-19/h3-6,17H,7-14H2,1-2H3. The molecule has 1 aliphatic rings. The van der Waals surface area contributed by atoms with E-state index >= 15 is 0 Å². The Morgan fingerprint density at radius 1 is 1.05 bits per heavy atom. The van der Waals surface area contributed by atoms with E-state index in [9.17, 15) is 0 Å². The van der Waals surface area contributed by atoms with Gasteiger partial charge in [-0.15, -0.1) is 0 Å². The van der Waals surface area contributed by atoms with Gasteiger partial charge < -0.3 is 10.2 Å². The Balaban J connectivity index is 1.56. The third-order valence-corrected chi connectivity index (χ3v) is 4.03.